The van der Waals surface area contributed by atoms with Crippen LogP contribution in [-0.2, 0) is 0 Å². The molecule has 16 heavy (non-hydrogen) atoms. The normalized spacial score (nSPS) is 10.6. The van der Waals surface area contributed by atoms with E-state index in [9.17, 15) is 9.18 Å². The van der Waals surface area contributed by atoms with Gasteiger partial charge in [0.15, 0.2) is 0 Å². The summed E-state index contributed by atoms with van der Waals surface area (Å²) in [5.74, 6) is -0.0741. The van der Waals surface area contributed by atoms with Crippen LogP contribution in [0.1, 0.15) is 9.67 Å². The number of hydrogen-bond acceptors (Lipinski definition) is 2. The second-order valence-electron chi connectivity index (χ2n) is 3.24. The van der Waals surface area contributed by atoms with E-state index in [0.717, 1.165) is 10.1 Å². The third kappa shape index (κ3) is 2.33. The van der Waals surface area contributed by atoms with Gasteiger partial charge in [0.1, 0.15) is 5.82 Å². The van der Waals surface area contributed by atoms with Crippen LogP contribution in [0.25, 0.3) is 10.1 Å². The summed E-state index contributed by atoms with van der Waals surface area (Å²) >= 11 is 6.75. The predicted molar refractivity (Wildman–Crippen MR) is 64.8 cm³/mol. The largest absolute Gasteiger partial charge is 0.350 e. The molecule has 0 unspecified atom stereocenters. The monoisotopic (exact) mass is 257 g/mol. The van der Waals surface area contributed by atoms with E-state index in [4.69, 9.17) is 11.6 Å². The van der Waals surface area contributed by atoms with Crippen molar-refractivity contribution in [2.45, 2.75) is 0 Å². The van der Waals surface area contributed by atoms with E-state index >= 15 is 0 Å². The molecule has 0 radical (unpaired) electrons. The summed E-state index contributed by atoms with van der Waals surface area (Å²) in [6.45, 7) is 0.434. The van der Waals surface area contributed by atoms with Crippen molar-refractivity contribution in [3.05, 3.63) is 35.0 Å². The summed E-state index contributed by atoms with van der Waals surface area (Å²) in [4.78, 5) is 12.2. The lowest BCUT2D eigenvalue weighted by Crippen LogP contribution is -2.24. The number of carbonyl (C=O) groups is 1. The molecule has 1 heterocycles. The van der Waals surface area contributed by atoms with Gasteiger partial charge in [-0.15, -0.1) is 22.9 Å². The first-order valence-corrected chi connectivity index (χ1v) is 6.09. The summed E-state index contributed by atoms with van der Waals surface area (Å²) in [5.41, 5.74) is 0. The van der Waals surface area contributed by atoms with Crippen molar-refractivity contribution in [3.63, 3.8) is 0 Å². The van der Waals surface area contributed by atoms with Gasteiger partial charge in [-0.1, -0.05) is 6.07 Å². The molecule has 0 bridgehead atoms. The average molecular weight is 258 g/mol. The van der Waals surface area contributed by atoms with Gasteiger partial charge >= 0.3 is 0 Å². The van der Waals surface area contributed by atoms with E-state index in [1.165, 1.54) is 23.5 Å². The molecule has 5 heteroatoms. The first-order chi connectivity index (χ1) is 7.70. The molecular formula is C11H9ClFNOS. The van der Waals surface area contributed by atoms with E-state index < -0.39 is 0 Å². The van der Waals surface area contributed by atoms with Gasteiger partial charge in [-0.25, -0.2) is 4.39 Å². The van der Waals surface area contributed by atoms with Crippen LogP contribution in [0, 0.1) is 5.82 Å². The number of thiophene rings is 1. The predicted octanol–water partition coefficient (Wildman–Crippen LogP) is 3.01. The molecule has 2 nitrogen and oxygen atoms in total. The zero-order chi connectivity index (χ0) is 11.5. The molecule has 0 fully saturated rings. The summed E-state index contributed by atoms with van der Waals surface area (Å²) in [6.07, 6.45) is 0. The maximum atomic E-state index is 12.9. The standard InChI is InChI=1S/C11H9ClFNOS/c12-3-4-14-11(15)10-5-7-1-2-8(13)6-9(7)16-10/h1-2,5-6H,3-4H2,(H,14,15). The highest BCUT2D eigenvalue weighted by Gasteiger charge is 2.09. The third-order valence-electron chi connectivity index (χ3n) is 2.09. The fourth-order valence-corrected chi connectivity index (χ4v) is 2.46. The van der Waals surface area contributed by atoms with Gasteiger partial charge in [0.2, 0.25) is 0 Å². The summed E-state index contributed by atoms with van der Waals surface area (Å²) in [6, 6.07) is 6.23. The zero-order valence-corrected chi connectivity index (χ0v) is 9.87. The maximum Gasteiger partial charge on any atom is 0.261 e. The molecule has 1 amide bonds. The Bertz CT molecular complexity index is 526. The Kier molecular flexibility index (Phi) is 3.41. The molecule has 0 aliphatic rings. The van der Waals surface area contributed by atoms with Crippen molar-refractivity contribution >= 4 is 38.9 Å². The van der Waals surface area contributed by atoms with Gasteiger partial charge in [0, 0.05) is 17.1 Å². The lowest BCUT2D eigenvalue weighted by atomic mass is 10.2. The summed E-state index contributed by atoms with van der Waals surface area (Å²) < 4.78 is 13.7. The highest BCUT2D eigenvalue weighted by atomic mass is 35.5. The Morgan fingerprint density at radius 2 is 2.25 bits per heavy atom. The van der Waals surface area contributed by atoms with Crippen molar-refractivity contribution in [3.8, 4) is 0 Å². The summed E-state index contributed by atoms with van der Waals surface area (Å²) in [5, 5.41) is 3.55. The molecule has 2 aromatic rings. The van der Waals surface area contributed by atoms with Crippen LogP contribution in [0.4, 0.5) is 4.39 Å². The molecule has 1 N–H and O–H groups in total. The highest BCUT2D eigenvalue weighted by Crippen LogP contribution is 2.26. The van der Waals surface area contributed by atoms with Crippen LogP contribution in [0.5, 0.6) is 0 Å². The fourth-order valence-electron chi connectivity index (χ4n) is 1.36. The van der Waals surface area contributed by atoms with Crippen LogP contribution in [-0.4, -0.2) is 18.3 Å². The van der Waals surface area contributed by atoms with Crippen LogP contribution < -0.4 is 5.32 Å². The maximum absolute atomic E-state index is 12.9. The van der Waals surface area contributed by atoms with E-state index in [1.54, 1.807) is 12.1 Å². The van der Waals surface area contributed by atoms with Gasteiger partial charge in [0.05, 0.1) is 4.88 Å². The Balaban J connectivity index is 2.28. The van der Waals surface area contributed by atoms with E-state index in [1.807, 2.05) is 0 Å². The van der Waals surface area contributed by atoms with E-state index in [-0.39, 0.29) is 11.7 Å². The van der Waals surface area contributed by atoms with Gasteiger partial charge in [-0.05, 0) is 23.6 Å². The molecule has 0 aliphatic carbocycles. The van der Waals surface area contributed by atoms with Gasteiger partial charge in [-0.2, -0.15) is 0 Å². The smallest absolute Gasteiger partial charge is 0.261 e. The number of alkyl halides is 1. The Labute approximate surface area is 101 Å². The number of fused-ring (bicyclic) bond motifs is 1. The Morgan fingerprint density at radius 3 is 3.00 bits per heavy atom. The van der Waals surface area contributed by atoms with Gasteiger partial charge < -0.3 is 5.32 Å². The SMILES string of the molecule is O=C(NCCCl)c1cc2ccc(F)cc2s1. The molecule has 2 rings (SSSR count). The summed E-state index contributed by atoms with van der Waals surface area (Å²) in [7, 11) is 0. The molecule has 1 aromatic carbocycles. The van der Waals surface area contributed by atoms with E-state index in [2.05, 4.69) is 5.32 Å². The van der Waals surface area contributed by atoms with Crippen LogP contribution in [0.2, 0.25) is 0 Å². The second-order valence-corrected chi connectivity index (χ2v) is 4.70. The lowest BCUT2D eigenvalue weighted by molar-refractivity contribution is 0.0960. The Hall–Kier alpha value is -1.13. The second kappa shape index (κ2) is 4.80. The molecule has 84 valence electrons. The van der Waals surface area contributed by atoms with Crippen molar-refractivity contribution in [2.24, 2.45) is 0 Å². The van der Waals surface area contributed by atoms with E-state index in [0.29, 0.717) is 17.3 Å². The molecule has 0 spiro atoms. The molecule has 0 atom stereocenters. The number of nitrogens with one attached hydrogen (secondary N) is 1. The topological polar surface area (TPSA) is 29.1 Å². The number of halogens is 2. The quantitative estimate of drug-likeness (QED) is 0.842. The minimum Gasteiger partial charge on any atom is -0.350 e. The molecule has 1 aromatic heterocycles. The van der Waals surface area contributed by atoms with Crippen LogP contribution in [0.3, 0.4) is 0 Å². The van der Waals surface area contributed by atoms with Gasteiger partial charge in [0.25, 0.3) is 5.91 Å². The Morgan fingerprint density at radius 1 is 1.44 bits per heavy atom. The lowest BCUT2D eigenvalue weighted by Gasteiger charge is -1.98. The minimum atomic E-state index is -0.290. The van der Waals surface area contributed by atoms with Crippen LogP contribution >= 0.6 is 22.9 Å². The number of amides is 1. The first-order valence-electron chi connectivity index (χ1n) is 4.74. The van der Waals surface area contributed by atoms with Gasteiger partial charge in [-0.3, -0.25) is 4.79 Å². The fraction of sp³-hybridized carbons (Fsp3) is 0.182. The minimum absolute atomic E-state index is 0.165. The van der Waals surface area contributed by atoms with Crippen LogP contribution in [0.15, 0.2) is 24.3 Å². The number of rotatable bonds is 3. The first kappa shape index (κ1) is 11.4. The highest BCUT2D eigenvalue weighted by molar-refractivity contribution is 7.20. The average Bonchev–Trinajstić information content (AvgIpc) is 2.68. The molecule has 0 saturated carbocycles. The molecule has 0 aliphatic heterocycles. The number of benzene rings is 1. The van der Waals surface area contributed by atoms with Crippen molar-refractivity contribution in [2.75, 3.05) is 12.4 Å². The van der Waals surface area contributed by atoms with Crippen molar-refractivity contribution in [1.82, 2.24) is 5.32 Å². The zero-order valence-electron chi connectivity index (χ0n) is 8.30. The number of hydrogen-bond donors (Lipinski definition) is 1. The third-order valence-corrected chi connectivity index (χ3v) is 3.37. The van der Waals surface area contributed by atoms with Crippen molar-refractivity contribution in [1.29, 1.82) is 0 Å². The molecule has 0 saturated heterocycles. The van der Waals surface area contributed by atoms with Crippen molar-refractivity contribution < 1.29 is 9.18 Å². The molecular weight excluding hydrogens is 249 g/mol. The number of carbonyl (C=O) groups excluding carboxylic acids is 1.